The minimum atomic E-state index is -0.482. The summed E-state index contributed by atoms with van der Waals surface area (Å²) in [4.78, 5) is 26.2. The van der Waals surface area contributed by atoms with Gasteiger partial charge in [0.1, 0.15) is 11.4 Å². The fourth-order valence-electron chi connectivity index (χ4n) is 2.77. The van der Waals surface area contributed by atoms with Gasteiger partial charge in [0.25, 0.3) is 0 Å². The Morgan fingerprint density at radius 2 is 1.75 bits per heavy atom. The molecule has 0 saturated carbocycles. The van der Waals surface area contributed by atoms with Gasteiger partial charge in [0, 0.05) is 24.4 Å². The van der Waals surface area contributed by atoms with E-state index in [4.69, 9.17) is 4.74 Å². The molecular formula is C16H29NO3. The van der Waals surface area contributed by atoms with Crippen LogP contribution >= 0.6 is 0 Å². The third-order valence-electron chi connectivity index (χ3n) is 4.13. The zero-order valence-corrected chi connectivity index (χ0v) is 13.9. The van der Waals surface area contributed by atoms with Crippen molar-refractivity contribution in [3.63, 3.8) is 0 Å². The van der Waals surface area contributed by atoms with E-state index in [1.807, 2.05) is 41.5 Å². The van der Waals surface area contributed by atoms with Crippen molar-refractivity contribution in [1.29, 1.82) is 0 Å². The molecule has 1 amide bonds. The van der Waals surface area contributed by atoms with Crippen LogP contribution in [0.3, 0.4) is 0 Å². The monoisotopic (exact) mass is 283 g/mol. The molecule has 3 atom stereocenters. The largest absolute Gasteiger partial charge is 0.444 e. The molecule has 1 aliphatic heterocycles. The number of ketones is 1. The van der Waals surface area contributed by atoms with Crippen molar-refractivity contribution in [2.24, 2.45) is 17.8 Å². The second-order valence-corrected chi connectivity index (χ2v) is 7.23. The van der Waals surface area contributed by atoms with Crippen LogP contribution in [0.4, 0.5) is 4.79 Å². The topological polar surface area (TPSA) is 46.6 Å². The average Bonchev–Trinajstić information content (AvgIpc) is 2.29. The number of carbonyl (C=O) groups excluding carboxylic acids is 2. The molecule has 1 saturated heterocycles. The first kappa shape index (κ1) is 17.0. The molecule has 20 heavy (non-hydrogen) atoms. The summed E-state index contributed by atoms with van der Waals surface area (Å²) < 4.78 is 5.44. The minimum Gasteiger partial charge on any atom is -0.444 e. The molecule has 1 fully saturated rings. The normalized spacial score (nSPS) is 27.6. The quantitative estimate of drug-likeness (QED) is 0.779. The molecule has 4 heteroatoms. The predicted molar refractivity (Wildman–Crippen MR) is 79.5 cm³/mol. The molecule has 0 aromatic carbocycles. The molecule has 0 spiro atoms. The van der Waals surface area contributed by atoms with Crippen molar-refractivity contribution < 1.29 is 14.3 Å². The van der Waals surface area contributed by atoms with E-state index >= 15 is 0 Å². The Morgan fingerprint density at radius 3 is 2.20 bits per heavy atom. The summed E-state index contributed by atoms with van der Waals surface area (Å²) in [5, 5.41) is 0. The smallest absolute Gasteiger partial charge is 0.410 e. The van der Waals surface area contributed by atoms with Gasteiger partial charge in [-0.1, -0.05) is 20.8 Å². The Bertz CT molecular complexity index is 370. The van der Waals surface area contributed by atoms with Crippen LogP contribution in [-0.4, -0.2) is 35.0 Å². The number of nitrogens with zero attached hydrogens (tertiary/aromatic N) is 1. The predicted octanol–water partition coefficient (Wildman–Crippen LogP) is 3.49. The molecule has 0 N–H and O–H groups in total. The standard InChI is InChI=1S/C16H29NO3/c1-10(2)14(18)13-8-9-17(12(4)11(13)3)15(19)20-16(5,6)7/h10-13H,8-9H2,1-7H3. The molecular weight excluding hydrogens is 254 g/mol. The van der Waals surface area contributed by atoms with Crippen LogP contribution in [0.2, 0.25) is 0 Å². The van der Waals surface area contributed by atoms with Crippen molar-refractivity contribution >= 4 is 11.9 Å². The van der Waals surface area contributed by atoms with E-state index in [2.05, 4.69) is 6.92 Å². The summed E-state index contributed by atoms with van der Waals surface area (Å²) in [6, 6.07) is 0.0336. The summed E-state index contributed by atoms with van der Waals surface area (Å²) in [5.74, 6) is 0.603. The molecule has 0 aromatic heterocycles. The highest BCUT2D eigenvalue weighted by molar-refractivity contribution is 5.83. The number of likely N-dealkylation sites (tertiary alicyclic amines) is 1. The molecule has 4 nitrogen and oxygen atoms in total. The molecule has 0 radical (unpaired) electrons. The van der Waals surface area contributed by atoms with Crippen LogP contribution in [0, 0.1) is 17.8 Å². The van der Waals surface area contributed by atoms with E-state index in [9.17, 15) is 9.59 Å². The number of carbonyl (C=O) groups is 2. The van der Waals surface area contributed by atoms with Gasteiger partial charge in [0.15, 0.2) is 0 Å². The van der Waals surface area contributed by atoms with Crippen LogP contribution in [0.5, 0.6) is 0 Å². The lowest BCUT2D eigenvalue weighted by Crippen LogP contribution is -2.52. The maximum atomic E-state index is 12.2. The van der Waals surface area contributed by atoms with E-state index in [1.165, 1.54) is 0 Å². The van der Waals surface area contributed by atoms with Crippen molar-refractivity contribution in [3.8, 4) is 0 Å². The third kappa shape index (κ3) is 3.97. The second kappa shape index (κ2) is 6.15. The van der Waals surface area contributed by atoms with Crippen LogP contribution in [0.15, 0.2) is 0 Å². The first-order chi connectivity index (χ1) is 9.04. The third-order valence-corrected chi connectivity index (χ3v) is 4.13. The van der Waals surface area contributed by atoms with Crippen LogP contribution in [0.1, 0.15) is 54.9 Å². The molecule has 0 bridgehead atoms. The Hall–Kier alpha value is -1.06. The van der Waals surface area contributed by atoms with Crippen molar-refractivity contribution in [1.82, 2.24) is 4.90 Å². The highest BCUT2D eigenvalue weighted by Crippen LogP contribution is 2.32. The molecule has 3 unspecified atom stereocenters. The number of Topliss-reactive ketones (excluding diaryl/α,β-unsaturated/α-hetero) is 1. The summed E-state index contributed by atoms with van der Waals surface area (Å²) in [6.07, 6.45) is 0.467. The molecule has 1 aliphatic rings. The second-order valence-electron chi connectivity index (χ2n) is 7.23. The van der Waals surface area contributed by atoms with Gasteiger partial charge in [0.05, 0.1) is 0 Å². The summed E-state index contributed by atoms with van der Waals surface area (Å²) in [6.45, 7) is 14.2. The van der Waals surface area contributed by atoms with Gasteiger partial charge in [0.2, 0.25) is 0 Å². The van der Waals surface area contributed by atoms with Gasteiger partial charge in [-0.25, -0.2) is 4.79 Å². The number of ether oxygens (including phenoxy) is 1. The van der Waals surface area contributed by atoms with Crippen LogP contribution in [0.25, 0.3) is 0 Å². The van der Waals surface area contributed by atoms with Crippen molar-refractivity contribution in [3.05, 3.63) is 0 Å². The molecule has 116 valence electrons. The number of rotatable bonds is 2. The van der Waals surface area contributed by atoms with Gasteiger partial charge < -0.3 is 9.64 Å². The molecule has 1 rings (SSSR count). The van der Waals surface area contributed by atoms with E-state index in [0.717, 1.165) is 6.42 Å². The average molecular weight is 283 g/mol. The number of hydrogen-bond acceptors (Lipinski definition) is 3. The zero-order chi connectivity index (χ0) is 15.7. The van der Waals surface area contributed by atoms with E-state index in [-0.39, 0.29) is 29.9 Å². The fraction of sp³-hybridized carbons (Fsp3) is 0.875. The highest BCUT2D eigenvalue weighted by Gasteiger charge is 2.40. The Balaban J connectivity index is 2.74. The number of amides is 1. The summed E-state index contributed by atoms with van der Waals surface area (Å²) in [7, 11) is 0. The first-order valence-electron chi connectivity index (χ1n) is 7.58. The van der Waals surface area contributed by atoms with Crippen LogP contribution in [-0.2, 0) is 9.53 Å². The Kier molecular flexibility index (Phi) is 5.22. The lowest BCUT2D eigenvalue weighted by molar-refractivity contribution is -0.130. The van der Waals surface area contributed by atoms with Crippen LogP contribution < -0.4 is 0 Å². The SMILES string of the molecule is CC(C)C(=O)C1CCN(C(=O)OC(C)(C)C)C(C)C1C. The minimum absolute atomic E-state index is 0.0336. The van der Waals surface area contributed by atoms with Gasteiger partial charge in [-0.15, -0.1) is 0 Å². The summed E-state index contributed by atoms with van der Waals surface area (Å²) in [5.41, 5.74) is -0.482. The van der Waals surface area contributed by atoms with E-state index in [1.54, 1.807) is 4.90 Å². The highest BCUT2D eigenvalue weighted by atomic mass is 16.6. The Morgan fingerprint density at radius 1 is 1.20 bits per heavy atom. The van der Waals surface area contributed by atoms with Gasteiger partial charge in [-0.05, 0) is 40.0 Å². The lowest BCUT2D eigenvalue weighted by Gasteiger charge is -2.42. The van der Waals surface area contributed by atoms with Gasteiger partial charge in [-0.2, -0.15) is 0 Å². The summed E-state index contributed by atoms with van der Waals surface area (Å²) >= 11 is 0. The van der Waals surface area contributed by atoms with E-state index < -0.39 is 5.60 Å². The van der Waals surface area contributed by atoms with Crippen molar-refractivity contribution in [2.75, 3.05) is 6.54 Å². The molecule has 1 heterocycles. The van der Waals surface area contributed by atoms with Gasteiger partial charge >= 0.3 is 6.09 Å². The Labute approximate surface area is 122 Å². The van der Waals surface area contributed by atoms with E-state index in [0.29, 0.717) is 12.3 Å². The van der Waals surface area contributed by atoms with Crippen molar-refractivity contribution in [2.45, 2.75) is 66.5 Å². The zero-order valence-electron chi connectivity index (χ0n) is 13.9. The molecule has 0 aliphatic carbocycles. The maximum absolute atomic E-state index is 12.2. The molecule has 0 aromatic rings. The lowest BCUT2D eigenvalue weighted by atomic mass is 9.76. The number of hydrogen-bond donors (Lipinski definition) is 0. The van der Waals surface area contributed by atoms with Gasteiger partial charge in [-0.3, -0.25) is 4.79 Å². The number of piperidine rings is 1. The maximum Gasteiger partial charge on any atom is 0.410 e. The first-order valence-corrected chi connectivity index (χ1v) is 7.58. The fourth-order valence-corrected chi connectivity index (χ4v) is 2.77.